The molecule has 1 aromatic heterocycles. The van der Waals surface area contributed by atoms with Crippen LogP contribution in [0.2, 0.25) is 0 Å². The highest BCUT2D eigenvalue weighted by Gasteiger charge is 2.39. The summed E-state index contributed by atoms with van der Waals surface area (Å²) in [5, 5.41) is 4.14. The van der Waals surface area contributed by atoms with E-state index in [4.69, 9.17) is 4.74 Å². The third kappa shape index (κ3) is 4.16. The van der Waals surface area contributed by atoms with E-state index in [0.717, 1.165) is 42.1 Å². The second-order valence-electron chi connectivity index (χ2n) is 10.3. The van der Waals surface area contributed by atoms with Crippen LogP contribution in [0.1, 0.15) is 61.3 Å². The largest absolute Gasteiger partial charge is 0.456 e. The van der Waals surface area contributed by atoms with Crippen molar-refractivity contribution in [1.29, 1.82) is 0 Å². The van der Waals surface area contributed by atoms with Crippen LogP contribution in [0, 0.1) is 0 Å². The molecular formula is C26H28F2N2O5S. The SMILES string of the molecule is Cn1c2c(c3c(C(=O)OC(C)(C)C)c(S(=O)(=O)c4cccc(OC(F)F)c4)ccc31)C1CCC(C2)N1. The number of sulfone groups is 1. The van der Waals surface area contributed by atoms with Gasteiger partial charge in [0.05, 0.1) is 15.4 Å². The Balaban J connectivity index is 1.77. The van der Waals surface area contributed by atoms with Crippen LogP contribution >= 0.6 is 0 Å². The van der Waals surface area contributed by atoms with Crippen LogP contribution in [0.25, 0.3) is 10.9 Å². The van der Waals surface area contributed by atoms with Crippen molar-refractivity contribution in [3.63, 3.8) is 0 Å². The third-order valence-corrected chi connectivity index (χ3v) is 8.55. The monoisotopic (exact) mass is 518 g/mol. The molecule has 10 heteroatoms. The molecule has 0 amide bonds. The minimum absolute atomic E-state index is 0.00404. The average molecular weight is 519 g/mol. The lowest BCUT2D eigenvalue weighted by molar-refractivity contribution is -0.0500. The number of alkyl halides is 2. The zero-order valence-electron chi connectivity index (χ0n) is 20.5. The highest BCUT2D eigenvalue weighted by molar-refractivity contribution is 7.91. The lowest BCUT2D eigenvalue weighted by Gasteiger charge is -2.24. The van der Waals surface area contributed by atoms with Gasteiger partial charge in [-0.2, -0.15) is 8.78 Å². The van der Waals surface area contributed by atoms with E-state index in [1.54, 1.807) is 26.8 Å². The van der Waals surface area contributed by atoms with Gasteiger partial charge in [-0.05, 0) is 69.5 Å². The molecular weight excluding hydrogens is 490 g/mol. The molecule has 2 aliphatic rings. The molecule has 0 radical (unpaired) electrons. The predicted octanol–water partition coefficient (Wildman–Crippen LogP) is 4.92. The number of esters is 1. The van der Waals surface area contributed by atoms with Gasteiger partial charge < -0.3 is 19.4 Å². The van der Waals surface area contributed by atoms with E-state index in [9.17, 15) is 22.0 Å². The quantitative estimate of drug-likeness (QED) is 0.483. The number of carbonyl (C=O) groups excluding carboxylic acids is 1. The fourth-order valence-electron chi connectivity index (χ4n) is 5.36. The normalized spacial score (nSPS) is 19.5. The van der Waals surface area contributed by atoms with Gasteiger partial charge in [0.1, 0.15) is 11.4 Å². The molecule has 1 N–H and O–H groups in total. The van der Waals surface area contributed by atoms with Crippen molar-refractivity contribution >= 4 is 26.7 Å². The third-order valence-electron chi connectivity index (χ3n) is 6.75. The van der Waals surface area contributed by atoms with E-state index in [0.29, 0.717) is 11.4 Å². The van der Waals surface area contributed by atoms with Crippen LogP contribution < -0.4 is 10.1 Å². The Kier molecular flexibility index (Phi) is 5.87. The van der Waals surface area contributed by atoms with Gasteiger partial charge in [0.2, 0.25) is 9.84 Å². The number of rotatable bonds is 5. The number of carbonyl (C=O) groups is 1. The summed E-state index contributed by atoms with van der Waals surface area (Å²) in [6, 6.07) is 8.34. The van der Waals surface area contributed by atoms with Crippen molar-refractivity contribution in [2.24, 2.45) is 7.05 Å². The van der Waals surface area contributed by atoms with Crippen LogP contribution in [0.5, 0.6) is 5.75 Å². The Bertz CT molecular complexity index is 1470. The molecule has 0 aliphatic carbocycles. The molecule has 3 aromatic rings. The molecule has 1 fully saturated rings. The predicted molar refractivity (Wildman–Crippen MR) is 129 cm³/mol. The maximum Gasteiger partial charge on any atom is 0.387 e. The molecule has 0 spiro atoms. The number of ether oxygens (including phenoxy) is 2. The standard InChI is InChI=1S/C26H28F2N2O5S/c1-26(2,3)35-24(31)23-20(36(32,33)16-7-5-6-15(13-16)34-25(27)28)11-10-18-22(23)21-17-9-8-14(29-17)12-19(21)30(18)4/h5-7,10-11,13-14,17,25,29H,8-9,12H2,1-4H3. The number of aryl methyl sites for hydroxylation is 1. The minimum atomic E-state index is -4.31. The summed E-state index contributed by atoms with van der Waals surface area (Å²) in [6.07, 6.45) is 2.66. The molecule has 192 valence electrons. The Morgan fingerprint density at radius 1 is 1.17 bits per heavy atom. The number of hydrogen-bond donors (Lipinski definition) is 1. The molecule has 2 aliphatic heterocycles. The van der Waals surface area contributed by atoms with E-state index in [2.05, 4.69) is 10.1 Å². The Morgan fingerprint density at radius 2 is 1.92 bits per heavy atom. The van der Waals surface area contributed by atoms with Crippen molar-refractivity contribution in [3.05, 3.63) is 53.2 Å². The van der Waals surface area contributed by atoms with E-state index in [-0.39, 0.29) is 27.1 Å². The first-order valence-electron chi connectivity index (χ1n) is 11.8. The molecule has 2 aromatic carbocycles. The molecule has 2 unspecified atom stereocenters. The Morgan fingerprint density at radius 3 is 2.61 bits per heavy atom. The summed E-state index contributed by atoms with van der Waals surface area (Å²) < 4.78 is 65.4. The minimum Gasteiger partial charge on any atom is -0.456 e. The number of aromatic nitrogens is 1. The topological polar surface area (TPSA) is 86.6 Å². The van der Waals surface area contributed by atoms with Crippen molar-refractivity contribution in [2.75, 3.05) is 0 Å². The van der Waals surface area contributed by atoms with E-state index >= 15 is 0 Å². The maximum absolute atomic E-state index is 13.9. The van der Waals surface area contributed by atoms with Crippen LogP contribution in [-0.4, -0.2) is 37.2 Å². The van der Waals surface area contributed by atoms with Gasteiger partial charge in [-0.15, -0.1) is 0 Å². The van der Waals surface area contributed by atoms with Crippen LogP contribution in [-0.2, 0) is 28.0 Å². The Labute approximate surface area is 208 Å². The van der Waals surface area contributed by atoms with Gasteiger partial charge in [-0.25, -0.2) is 13.2 Å². The average Bonchev–Trinajstić information content (AvgIpc) is 3.30. The number of fused-ring (bicyclic) bond motifs is 6. The van der Waals surface area contributed by atoms with Crippen molar-refractivity contribution in [2.45, 2.75) is 74.1 Å². The Hall–Kier alpha value is -2.98. The number of nitrogens with one attached hydrogen (secondary N) is 1. The first-order valence-corrected chi connectivity index (χ1v) is 13.3. The molecule has 0 saturated carbocycles. The number of nitrogens with zero attached hydrogens (tertiary/aromatic N) is 1. The summed E-state index contributed by atoms with van der Waals surface area (Å²) in [5.74, 6) is -1.04. The molecule has 7 nitrogen and oxygen atoms in total. The van der Waals surface area contributed by atoms with Crippen LogP contribution in [0.3, 0.4) is 0 Å². The first-order chi connectivity index (χ1) is 16.9. The van der Waals surface area contributed by atoms with Crippen LogP contribution in [0.15, 0.2) is 46.2 Å². The van der Waals surface area contributed by atoms with Gasteiger partial charge in [-0.1, -0.05) is 6.07 Å². The van der Waals surface area contributed by atoms with E-state index in [1.165, 1.54) is 24.3 Å². The lowest BCUT2D eigenvalue weighted by atomic mass is 9.96. The molecule has 1 saturated heterocycles. The first kappa shape index (κ1) is 24.7. The molecule has 5 rings (SSSR count). The fraction of sp³-hybridized carbons (Fsp3) is 0.423. The fourth-order valence-corrected chi connectivity index (χ4v) is 6.84. The van der Waals surface area contributed by atoms with Crippen LogP contribution in [0.4, 0.5) is 8.78 Å². The summed E-state index contributed by atoms with van der Waals surface area (Å²) in [5.41, 5.74) is 1.84. The van der Waals surface area contributed by atoms with Crippen molar-refractivity contribution in [3.8, 4) is 5.75 Å². The zero-order valence-corrected chi connectivity index (χ0v) is 21.3. The summed E-state index contributed by atoms with van der Waals surface area (Å²) >= 11 is 0. The number of halogens is 2. The summed E-state index contributed by atoms with van der Waals surface area (Å²) in [6.45, 7) is 2.05. The van der Waals surface area contributed by atoms with Gasteiger partial charge in [0.15, 0.2) is 0 Å². The molecule has 2 bridgehead atoms. The highest BCUT2D eigenvalue weighted by Crippen LogP contribution is 2.44. The second kappa shape index (κ2) is 8.55. The zero-order chi connectivity index (χ0) is 26.0. The molecule has 2 atom stereocenters. The maximum atomic E-state index is 13.9. The van der Waals surface area contributed by atoms with Gasteiger partial charge in [-0.3, -0.25) is 0 Å². The number of benzene rings is 2. The van der Waals surface area contributed by atoms with Gasteiger partial charge >= 0.3 is 12.6 Å². The highest BCUT2D eigenvalue weighted by atomic mass is 32.2. The van der Waals surface area contributed by atoms with Gasteiger partial charge in [0, 0.05) is 42.1 Å². The van der Waals surface area contributed by atoms with Crippen molar-refractivity contribution < 1.29 is 31.5 Å². The van der Waals surface area contributed by atoms with E-state index in [1.807, 2.05) is 11.6 Å². The summed E-state index contributed by atoms with van der Waals surface area (Å²) in [4.78, 5) is 13.2. The summed E-state index contributed by atoms with van der Waals surface area (Å²) in [7, 11) is -2.39. The van der Waals surface area contributed by atoms with E-state index < -0.39 is 28.0 Å². The molecule has 36 heavy (non-hydrogen) atoms. The lowest BCUT2D eigenvalue weighted by Crippen LogP contribution is -2.32. The van der Waals surface area contributed by atoms with Gasteiger partial charge in [0.25, 0.3) is 0 Å². The smallest absolute Gasteiger partial charge is 0.387 e. The number of hydrogen-bond acceptors (Lipinski definition) is 6. The molecule has 3 heterocycles. The van der Waals surface area contributed by atoms with Crippen molar-refractivity contribution in [1.82, 2.24) is 9.88 Å². The second-order valence-corrected chi connectivity index (χ2v) is 12.2.